The molecule has 0 spiro atoms. The minimum atomic E-state index is -0.512. The molecular weight excluding hydrogens is 400 g/mol. The fourth-order valence-electron chi connectivity index (χ4n) is 4.32. The molecule has 1 fully saturated rings. The first kappa shape index (κ1) is 21.2. The molecule has 1 N–H and O–H groups in total. The molecule has 9 heteroatoms. The number of ether oxygens (including phenoxy) is 2. The lowest BCUT2D eigenvalue weighted by molar-refractivity contribution is -0.122. The van der Waals surface area contributed by atoms with Gasteiger partial charge in [-0.15, -0.1) is 0 Å². The summed E-state index contributed by atoms with van der Waals surface area (Å²) >= 11 is 0. The maximum absolute atomic E-state index is 13.5. The predicted octanol–water partition coefficient (Wildman–Crippen LogP) is 1.37. The van der Waals surface area contributed by atoms with Gasteiger partial charge in [0.15, 0.2) is 0 Å². The predicted molar refractivity (Wildman–Crippen MR) is 118 cm³/mol. The third-order valence-corrected chi connectivity index (χ3v) is 5.72. The summed E-state index contributed by atoms with van der Waals surface area (Å²) in [6.07, 6.45) is 1.51. The molecule has 1 aliphatic rings. The number of rotatable bonds is 6. The fourth-order valence-corrected chi connectivity index (χ4v) is 4.32. The second kappa shape index (κ2) is 8.22. The Kier molecular flexibility index (Phi) is 5.62. The third kappa shape index (κ3) is 3.74. The first-order valence-corrected chi connectivity index (χ1v) is 10.5. The van der Waals surface area contributed by atoms with E-state index in [1.807, 2.05) is 19.9 Å². The Hall–Kier alpha value is -3.07. The molecule has 9 nitrogen and oxygen atoms in total. The Bertz CT molecular complexity index is 1260. The van der Waals surface area contributed by atoms with Crippen molar-refractivity contribution < 1.29 is 14.3 Å². The standard InChI is InChI=1S/C22H28N4O5/c1-13(2)23-18(27)12-25-19-16-10-14(30-4)7-8-17(16)24(3)20(19)21(28)26(22(25)29)11-15-6-5-9-31-15/h7-8,10,13,15H,5-6,9,11-12H2,1-4H3,(H,23,27). The number of aryl methyl sites for hydroxylation is 1. The van der Waals surface area contributed by atoms with Crippen LogP contribution in [0.15, 0.2) is 27.8 Å². The van der Waals surface area contributed by atoms with E-state index < -0.39 is 5.69 Å². The van der Waals surface area contributed by atoms with Gasteiger partial charge in [0.05, 0.1) is 30.8 Å². The van der Waals surface area contributed by atoms with Crippen LogP contribution in [0.4, 0.5) is 0 Å². The molecule has 4 rings (SSSR count). The Balaban J connectivity index is 2.01. The van der Waals surface area contributed by atoms with Gasteiger partial charge in [-0.2, -0.15) is 0 Å². The Labute approximate surface area is 179 Å². The molecule has 31 heavy (non-hydrogen) atoms. The van der Waals surface area contributed by atoms with Crippen LogP contribution < -0.4 is 21.3 Å². The Morgan fingerprint density at radius 1 is 1.26 bits per heavy atom. The summed E-state index contributed by atoms with van der Waals surface area (Å²) in [6.45, 7) is 4.33. The van der Waals surface area contributed by atoms with Crippen molar-refractivity contribution in [1.82, 2.24) is 19.0 Å². The fraction of sp³-hybridized carbons (Fsp3) is 0.500. The van der Waals surface area contributed by atoms with Crippen molar-refractivity contribution in [3.05, 3.63) is 39.0 Å². The van der Waals surface area contributed by atoms with Crippen LogP contribution in [0.5, 0.6) is 5.75 Å². The van der Waals surface area contributed by atoms with Gasteiger partial charge in [-0.1, -0.05) is 0 Å². The number of benzene rings is 1. The molecule has 1 saturated heterocycles. The largest absolute Gasteiger partial charge is 0.497 e. The molecule has 166 valence electrons. The maximum atomic E-state index is 13.5. The van der Waals surface area contributed by atoms with E-state index >= 15 is 0 Å². The number of methoxy groups -OCH3 is 1. The quantitative estimate of drug-likeness (QED) is 0.640. The number of nitrogens with one attached hydrogen (secondary N) is 1. The van der Waals surface area contributed by atoms with E-state index in [0.29, 0.717) is 28.8 Å². The van der Waals surface area contributed by atoms with Crippen molar-refractivity contribution >= 4 is 27.8 Å². The molecule has 1 aliphatic heterocycles. The SMILES string of the molecule is COc1ccc2c(c1)c1c(c(=O)n(CC3CCCO3)c(=O)n1CC(=O)NC(C)C)n2C. The van der Waals surface area contributed by atoms with Gasteiger partial charge in [-0.25, -0.2) is 4.79 Å². The van der Waals surface area contributed by atoms with Gasteiger partial charge in [0.1, 0.15) is 17.8 Å². The molecule has 2 aromatic heterocycles. The molecule has 0 bridgehead atoms. The highest BCUT2D eigenvalue weighted by Crippen LogP contribution is 2.29. The topological polar surface area (TPSA) is 96.5 Å². The number of hydrogen-bond donors (Lipinski definition) is 1. The second-order valence-corrected chi connectivity index (χ2v) is 8.28. The van der Waals surface area contributed by atoms with Crippen molar-refractivity contribution in [3.63, 3.8) is 0 Å². The molecule has 1 atom stereocenters. The number of fused-ring (bicyclic) bond motifs is 3. The third-order valence-electron chi connectivity index (χ3n) is 5.72. The number of aromatic nitrogens is 3. The summed E-state index contributed by atoms with van der Waals surface area (Å²) < 4.78 is 15.4. The Morgan fingerprint density at radius 3 is 2.68 bits per heavy atom. The zero-order valence-corrected chi connectivity index (χ0v) is 18.3. The zero-order chi connectivity index (χ0) is 22.3. The van der Waals surface area contributed by atoms with E-state index in [-0.39, 0.29) is 36.7 Å². The average Bonchev–Trinajstić information content (AvgIpc) is 3.34. The summed E-state index contributed by atoms with van der Waals surface area (Å²) in [5.74, 6) is 0.315. The highest BCUT2D eigenvalue weighted by atomic mass is 16.5. The summed E-state index contributed by atoms with van der Waals surface area (Å²) in [4.78, 5) is 39.5. The van der Waals surface area contributed by atoms with Gasteiger partial charge < -0.3 is 19.4 Å². The second-order valence-electron chi connectivity index (χ2n) is 8.28. The first-order chi connectivity index (χ1) is 14.8. The van der Waals surface area contributed by atoms with Gasteiger partial charge in [0.2, 0.25) is 5.91 Å². The lowest BCUT2D eigenvalue weighted by Gasteiger charge is -2.16. The maximum Gasteiger partial charge on any atom is 0.332 e. The van der Waals surface area contributed by atoms with Gasteiger partial charge in [-0.3, -0.25) is 18.7 Å². The zero-order valence-electron chi connectivity index (χ0n) is 18.3. The van der Waals surface area contributed by atoms with E-state index in [4.69, 9.17) is 9.47 Å². The van der Waals surface area contributed by atoms with Crippen LogP contribution in [0.1, 0.15) is 26.7 Å². The molecule has 1 aromatic carbocycles. The summed E-state index contributed by atoms with van der Waals surface area (Å²) in [6, 6.07) is 5.38. The number of amides is 1. The normalized spacial score (nSPS) is 16.5. The number of hydrogen-bond acceptors (Lipinski definition) is 5. The van der Waals surface area contributed by atoms with Crippen molar-refractivity contribution in [2.24, 2.45) is 7.05 Å². The number of carbonyl (C=O) groups is 1. The van der Waals surface area contributed by atoms with Crippen LogP contribution in [-0.4, -0.2) is 45.5 Å². The molecule has 0 aliphatic carbocycles. The summed E-state index contributed by atoms with van der Waals surface area (Å²) in [5.41, 5.74) is 0.697. The van der Waals surface area contributed by atoms with Gasteiger partial charge in [0, 0.05) is 25.1 Å². The molecule has 1 unspecified atom stereocenters. The van der Waals surface area contributed by atoms with E-state index in [2.05, 4.69) is 5.32 Å². The van der Waals surface area contributed by atoms with E-state index in [0.717, 1.165) is 18.4 Å². The first-order valence-electron chi connectivity index (χ1n) is 10.5. The van der Waals surface area contributed by atoms with Crippen molar-refractivity contribution in [2.75, 3.05) is 13.7 Å². The van der Waals surface area contributed by atoms with Crippen LogP contribution in [0.3, 0.4) is 0 Å². The molecule has 3 aromatic rings. The van der Waals surface area contributed by atoms with Crippen LogP contribution in [0.2, 0.25) is 0 Å². The van der Waals surface area contributed by atoms with Crippen LogP contribution in [0, 0.1) is 0 Å². The molecule has 3 heterocycles. The van der Waals surface area contributed by atoms with Crippen molar-refractivity contribution in [3.8, 4) is 5.75 Å². The van der Waals surface area contributed by atoms with E-state index in [1.54, 1.807) is 30.9 Å². The minimum absolute atomic E-state index is 0.0656. The number of nitrogens with zero attached hydrogens (tertiary/aromatic N) is 3. The highest BCUT2D eigenvalue weighted by molar-refractivity contribution is 6.06. The monoisotopic (exact) mass is 428 g/mol. The smallest absolute Gasteiger partial charge is 0.332 e. The van der Waals surface area contributed by atoms with Crippen molar-refractivity contribution in [1.29, 1.82) is 0 Å². The summed E-state index contributed by atoms with van der Waals surface area (Å²) in [5, 5.41) is 3.51. The van der Waals surface area contributed by atoms with Crippen molar-refractivity contribution in [2.45, 2.75) is 51.9 Å². The molecule has 1 amide bonds. The van der Waals surface area contributed by atoms with E-state index in [1.165, 1.54) is 9.13 Å². The highest BCUT2D eigenvalue weighted by Gasteiger charge is 2.25. The average molecular weight is 428 g/mol. The summed E-state index contributed by atoms with van der Waals surface area (Å²) in [7, 11) is 3.35. The van der Waals surface area contributed by atoms with Gasteiger partial charge >= 0.3 is 5.69 Å². The number of carbonyl (C=O) groups excluding carboxylic acids is 1. The molecule has 0 saturated carbocycles. The minimum Gasteiger partial charge on any atom is -0.497 e. The lowest BCUT2D eigenvalue weighted by atomic mass is 10.2. The van der Waals surface area contributed by atoms with Crippen LogP contribution in [0.25, 0.3) is 21.9 Å². The van der Waals surface area contributed by atoms with Crippen LogP contribution >= 0.6 is 0 Å². The van der Waals surface area contributed by atoms with Gasteiger partial charge in [0.25, 0.3) is 5.56 Å². The lowest BCUT2D eigenvalue weighted by Crippen LogP contribution is -2.45. The van der Waals surface area contributed by atoms with Crippen LogP contribution in [-0.2, 0) is 29.7 Å². The molecule has 0 radical (unpaired) electrons. The Morgan fingerprint density at radius 2 is 2.03 bits per heavy atom. The molecular formula is C22H28N4O5. The van der Waals surface area contributed by atoms with E-state index in [9.17, 15) is 14.4 Å². The van der Waals surface area contributed by atoms with Gasteiger partial charge in [-0.05, 0) is 44.9 Å².